The number of hydrogen-bond acceptors (Lipinski definition) is 2. The second kappa shape index (κ2) is 4.95. The molecule has 0 aliphatic rings. The fourth-order valence-corrected chi connectivity index (χ4v) is 1.17. The van der Waals surface area contributed by atoms with Gasteiger partial charge in [-0.15, -0.1) is 0 Å². The van der Waals surface area contributed by atoms with Crippen molar-refractivity contribution in [3.8, 4) is 0 Å². The van der Waals surface area contributed by atoms with Crippen LogP contribution in [0.4, 0.5) is 0 Å². The van der Waals surface area contributed by atoms with Gasteiger partial charge in [0.1, 0.15) is 6.04 Å². The van der Waals surface area contributed by atoms with Gasteiger partial charge in [-0.3, -0.25) is 9.59 Å². The fourth-order valence-electron chi connectivity index (χ4n) is 1.17. The summed E-state index contributed by atoms with van der Waals surface area (Å²) in [5.74, 6) is -1.03. The maximum atomic E-state index is 11.1. The molecule has 0 aromatic heterocycles. The predicted molar refractivity (Wildman–Crippen MR) is 56.7 cm³/mol. The molecule has 1 atom stereocenters. The molecule has 0 spiro atoms. The van der Waals surface area contributed by atoms with Gasteiger partial charge in [0, 0.05) is 0 Å². The minimum Gasteiger partial charge on any atom is -0.368 e. The molecule has 0 saturated carbocycles. The smallest absolute Gasteiger partial charge is 0.244 e. The highest BCUT2D eigenvalue weighted by atomic mass is 16.2. The van der Waals surface area contributed by atoms with Crippen molar-refractivity contribution >= 4 is 11.8 Å². The van der Waals surface area contributed by atoms with Crippen LogP contribution in [0.1, 0.15) is 11.6 Å². The number of nitrogens with one attached hydrogen (secondary N) is 1. The normalized spacial score (nSPS) is 11.5. The molecular weight excluding hydrogens is 192 g/mol. The minimum atomic E-state index is -0.809. The first-order valence-electron chi connectivity index (χ1n) is 4.42. The molecule has 78 valence electrons. The van der Waals surface area contributed by atoms with Crippen LogP contribution in [0.2, 0.25) is 0 Å². The van der Waals surface area contributed by atoms with Crippen molar-refractivity contribution in [3.05, 3.63) is 48.6 Å². The highest BCUT2D eigenvalue weighted by Gasteiger charge is 2.18. The summed E-state index contributed by atoms with van der Waals surface area (Å²) in [4.78, 5) is 22.2. The van der Waals surface area contributed by atoms with Crippen LogP contribution in [0.3, 0.4) is 0 Å². The quantitative estimate of drug-likeness (QED) is 0.701. The van der Waals surface area contributed by atoms with Crippen molar-refractivity contribution in [2.75, 3.05) is 0 Å². The number of carbonyl (C=O) groups is 2. The molecule has 0 radical (unpaired) electrons. The van der Waals surface area contributed by atoms with Gasteiger partial charge in [-0.25, -0.2) is 0 Å². The number of nitrogens with two attached hydrogens (primary N) is 1. The van der Waals surface area contributed by atoms with E-state index in [-0.39, 0.29) is 0 Å². The predicted octanol–water partition coefficient (Wildman–Crippen LogP) is 0.515. The lowest BCUT2D eigenvalue weighted by atomic mass is 10.1. The van der Waals surface area contributed by atoms with E-state index in [1.807, 2.05) is 6.07 Å². The summed E-state index contributed by atoms with van der Waals surface area (Å²) in [6.07, 6.45) is 1.10. The summed E-state index contributed by atoms with van der Waals surface area (Å²) in [5, 5.41) is 2.45. The molecule has 0 unspecified atom stereocenters. The molecule has 4 heteroatoms. The lowest BCUT2D eigenvalue weighted by molar-refractivity contribution is -0.125. The third-order valence-electron chi connectivity index (χ3n) is 1.89. The van der Waals surface area contributed by atoms with Crippen molar-refractivity contribution in [1.82, 2.24) is 5.32 Å². The van der Waals surface area contributed by atoms with Gasteiger partial charge in [-0.05, 0) is 11.6 Å². The van der Waals surface area contributed by atoms with Crippen LogP contribution < -0.4 is 11.1 Å². The topological polar surface area (TPSA) is 72.2 Å². The number of amides is 2. The second-order valence-corrected chi connectivity index (χ2v) is 2.96. The zero-order chi connectivity index (χ0) is 11.3. The van der Waals surface area contributed by atoms with Crippen LogP contribution in [0.5, 0.6) is 0 Å². The molecule has 0 aliphatic carbocycles. The Hall–Kier alpha value is -2.10. The largest absolute Gasteiger partial charge is 0.368 e. The first-order chi connectivity index (χ1) is 7.15. The highest BCUT2D eigenvalue weighted by Crippen LogP contribution is 2.11. The van der Waals surface area contributed by atoms with Gasteiger partial charge >= 0.3 is 0 Å². The van der Waals surface area contributed by atoms with Crippen molar-refractivity contribution < 1.29 is 9.59 Å². The van der Waals surface area contributed by atoms with Crippen molar-refractivity contribution in [2.45, 2.75) is 6.04 Å². The summed E-state index contributed by atoms with van der Waals surface area (Å²) in [5.41, 5.74) is 5.84. The van der Waals surface area contributed by atoms with Gasteiger partial charge in [0.05, 0.1) is 0 Å². The zero-order valence-electron chi connectivity index (χ0n) is 8.14. The maximum absolute atomic E-state index is 11.1. The third-order valence-corrected chi connectivity index (χ3v) is 1.89. The van der Waals surface area contributed by atoms with Crippen LogP contribution in [-0.4, -0.2) is 11.8 Å². The van der Waals surface area contributed by atoms with Gasteiger partial charge in [0.15, 0.2) is 0 Å². The molecule has 1 aromatic carbocycles. The molecule has 4 nitrogen and oxygen atoms in total. The molecule has 0 aliphatic heterocycles. The van der Waals surface area contributed by atoms with Crippen molar-refractivity contribution in [3.63, 3.8) is 0 Å². The van der Waals surface area contributed by atoms with E-state index in [0.717, 1.165) is 6.08 Å². The van der Waals surface area contributed by atoms with Gasteiger partial charge in [0.25, 0.3) is 0 Å². The summed E-state index contributed by atoms with van der Waals surface area (Å²) < 4.78 is 0. The van der Waals surface area contributed by atoms with E-state index < -0.39 is 17.9 Å². The van der Waals surface area contributed by atoms with Crippen LogP contribution >= 0.6 is 0 Å². The Balaban J connectivity index is 2.89. The van der Waals surface area contributed by atoms with Gasteiger partial charge in [-0.2, -0.15) is 0 Å². The van der Waals surface area contributed by atoms with Crippen LogP contribution in [-0.2, 0) is 9.59 Å². The second-order valence-electron chi connectivity index (χ2n) is 2.96. The van der Waals surface area contributed by atoms with Crippen molar-refractivity contribution in [1.29, 1.82) is 0 Å². The van der Waals surface area contributed by atoms with E-state index in [9.17, 15) is 9.59 Å². The Labute approximate surface area is 87.8 Å². The van der Waals surface area contributed by atoms with E-state index in [2.05, 4.69) is 11.9 Å². The number of rotatable bonds is 4. The molecule has 3 N–H and O–H groups in total. The summed E-state index contributed by atoms with van der Waals surface area (Å²) in [7, 11) is 0. The van der Waals surface area contributed by atoms with E-state index >= 15 is 0 Å². The number of hydrogen-bond donors (Lipinski definition) is 2. The molecule has 1 rings (SSSR count). The highest BCUT2D eigenvalue weighted by molar-refractivity contribution is 5.92. The minimum absolute atomic E-state index is 0.428. The van der Waals surface area contributed by atoms with E-state index in [1.165, 1.54) is 0 Å². The Kier molecular flexibility index (Phi) is 3.62. The average molecular weight is 204 g/mol. The molecule has 0 fully saturated rings. The number of primary amides is 1. The van der Waals surface area contributed by atoms with E-state index in [4.69, 9.17) is 5.73 Å². The molecule has 2 amide bonds. The first-order valence-corrected chi connectivity index (χ1v) is 4.42. The SMILES string of the molecule is C=CC(=O)N[C@@H](C(N)=O)c1ccccc1. The van der Waals surface area contributed by atoms with Crippen LogP contribution in [0.25, 0.3) is 0 Å². The first kappa shape index (κ1) is 11.0. The Morgan fingerprint density at radius 1 is 1.33 bits per heavy atom. The monoisotopic (exact) mass is 204 g/mol. The molecule has 15 heavy (non-hydrogen) atoms. The lowest BCUT2D eigenvalue weighted by Crippen LogP contribution is -2.36. The number of benzene rings is 1. The average Bonchev–Trinajstić information content (AvgIpc) is 2.26. The van der Waals surface area contributed by atoms with E-state index in [0.29, 0.717) is 5.56 Å². The van der Waals surface area contributed by atoms with Gasteiger partial charge in [-0.1, -0.05) is 36.9 Å². The van der Waals surface area contributed by atoms with Gasteiger partial charge < -0.3 is 11.1 Å². The Bertz CT molecular complexity index is 373. The van der Waals surface area contributed by atoms with Crippen LogP contribution in [0, 0.1) is 0 Å². The molecule has 1 aromatic rings. The summed E-state index contributed by atoms with van der Waals surface area (Å²) in [6, 6.07) is 7.99. The molecule has 0 bridgehead atoms. The zero-order valence-corrected chi connectivity index (χ0v) is 8.14. The molecule has 0 saturated heterocycles. The maximum Gasteiger partial charge on any atom is 0.244 e. The standard InChI is InChI=1S/C11H12N2O2/c1-2-9(14)13-10(11(12)15)8-6-4-3-5-7-8/h2-7,10H,1H2,(H2,12,15)(H,13,14)/t10-/m1/s1. The molecule has 0 heterocycles. The molecular formula is C11H12N2O2. The van der Waals surface area contributed by atoms with Crippen LogP contribution in [0.15, 0.2) is 43.0 Å². The summed E-state index contributed by atoms with van der Waals surface area (Å²) in [6.45, 7) is 3.30. The fraction of sp³-hybridized carbons (Fsp3) is 0.0909. The van der Waals surface area contributed by atoms with E-state index in [1.54, 1.807) is 24.3 Å². The summed E-state index contributed by atoms with van der Waals surface area (Å²) >= 11 is 0. The van der Waals surface area contributed by atoms with Crippen molar-refractivity contribution in [2.24, 2.45) is 5.73 Å². The number of carbonyl (C=O) groups excluding carboxylic acids is 2. The van der Waals surface area contributed by atoms with Gasteiger partial charge in [0.2, 0.25) is 11.8 Å². The Morgan fingerprint density at radius 3 is 2.40 bits per heavy atom. The third kappa shape index (κ3) is 2.95. The Morgan fingerprint density at radius 2 is 1.93 bits per heavy atom. The lowest BCUT2D eigenvalue weighted by Gasteiger charge is -2.14.